The van der Waals surface area contributed by atoms with E-state index in [0.717, 1.165) is 22.9 Å². The summed E-state index contributed by atoms with van der Waals surface area (Å²) in [6.07, 6.45) is 3.26. The van der Waals surface area contributed by atoms with Crippen molar-refractivity contribution in [1.29, 1.82) is 0 Å². The molecule has 0 fully saturated rings. The van der Waals surface area contributed by atoms with Crippen LogP contribution in [0.2, 0.25) is 0 Å². The second-order valence-corrected chi connectivity index (χ2v) is 7.19. The maximum Gasteiger partial charge on any atom is 0.316 e. The molecular formula is C21H19FN2O3S. The highest BCUT2D eigenvalue weighted by Crippen LogP contribution is 2.21. The van der Waals surface area contributed by atoms with Crippen molar-refractivity contribution in [3.8, 4) is 5.69 Å². The van der Waals surface area contributed by atoms with E-state index >= 15 is 0 Å². The van der Waals surface area contributed by atoms with Gasteiger partial charge in [-0.1, -0.05) is 41.6 Å². The average Bonchev–Trinajstić information content (AvgIpc) is 3.13. The van der Waals surface area contributed by atoms with Crippen LogP contribution in [0.4, 0.5) is 4.39 Å². The maximum absolute atomic E-state index is 13.4. The molecule has 144 valence electrons. The molecule has 2 aromatic carbocycles. The molecule has 0 N–H and O–H groups in total. The number of ether oxygens (including phenoxy) is 1. The van der Waals surface area contributed by atoms with Gasteiger partial charge in [0.1, 0.15) is 5.82 Å². The topological polar surface area (TPSA) is 61.2 Å². The molecule has 0 spiro atoms. The van der Waals surface area contributed by atoms with Crippen LogP contribution in [0.1, 0.15) is 21.5 Å². The summed E-state index contributed by atoms with van der Waals surface area (Å²) < 4.78 is 20.2. The van der Waals surface area contributed by atoms with E-state index in [4.69, 9.17) is 4.74 Å². The fourth-order valence-corrected chi connectivity index (χ4v) is 3.51. The predicted molar refractivity (Wildman–Crippen MR) is 105 cm³/mol. The third-order valence-electron chi connectivity index (χ3n) is 4.06. The van der Waals surface area contributed by atoms with Crippen LogP contribution in [-0.2, 0) is 9.53 Å². The van der Waals surface area contributed by atoms with Crippen LogP contribution in [-0.4, -0.2) is 33.7 Å². The number of carbonyl (C=O) groups excluding carboxylic acids is 2. The molecule has 0 radical (unpaired) electrons. The molecule has 0 saturated carbocycles. The van der Waals surface area contributed by atoms with Crippen molar-refractivity contribution in [1.82, 2.24) is 9.55 Å². The Bertz CT molecular complexity index is 1020. The summed E-state index contributed by atoms with van der Waals surface area (Å²) in [6.45, 7) is 3.50. The van der Waals surface area contributed by atoms with Gasteiger partial charge in [0.05, 0.1) is 11.4 Å². The fraction of sp³-hybridized carbons (Fsp3) is 0.190. The summed E-state index contributed by atoms with van der Waals surface area (Å²) in [7, 11) is 0. The molecule has 0 saturated heterocycles. The highest BCUT2D eigenvalue weighted by Gasteiger charge is 2.14. The second-order valence-electron chi connectivity index (χ2n) is 6.25. The van der Waals surface area contributed by atoms with Gasteiger partial charge in [0, 0.05) is 18.0 Å². The van der Waals surface area contributed by atoms with E-state index in [1.54, 1.807) is 35.2 Å². The molecule has 0 unspecified atom stereocenters. The Kier molecular flexibility index (Phi) is 6.26. The Morgan fingerprint density at radius 1 is 1.18 bits per heavy atom. The van der Waals surface area contributed by atoms with Gasteiger partial charge < -0.3 is 4.74 Å². The summed E-state index contributed by atoms with van der Waals surface area (Å²) in [4.78, 5) is 28.5. The van der Waals surface area contributed by atoms with E-state index in [-0.39, 0.29) is 24.0 Å². The number of ketones is 1. The van der Waals surface area contributed by atoms with Crippen molar-refractivity contribution in [2.45, 2.75) is 19.0 Å². The number of carbonyl (C=O) groups is 2. The van der Waals surface area contributed by atoms with Crippen LogP contribution in [0, 0.1) is 19.7 Å². The average molecular weight is 398 g/mol. The van der Waals surface area contributed by atoms with Crippen LogP contribution >= 0.6 is 11.8 Å². The van der Waals surface area contributed by atoms with Crippen molar-refractivity contribution >= 4 is 23.5 Å². The quantitative estimate of drug-likeness (QED) is 0.340. The van der Waals surface area contributed by atoms with Crippen molar-refractivity contribution in [2.75, 3.05) is 12.4 Å². The van der Waals surface area contributed by atoms with Gasteiger partial charge in [-0.3, -0.25) is 14.2 Å². The fourth-order valence-electron chi connectivity index (χ4n) is 2.73. The highest BCUT2D eigenvalue weighted by molar-refractivity contribution is 7.99. The first-order chi connectivity index (χ1) is 13.4. The largest absolute Gasteiger partial charge is 0.457 e. The molecule has 7 heteroatoms. The van der Waals surface area contributed by atoms with Crippen LogP contribution in [0.15, 0.2) is 60.0 Å². The van der Waals surface area contributed by atoms with Gasteiger partial charge in [-0.25, -0.2) is 9.37 Å². The Hall–Kier alpha value is -2.93. The van der Waals surface area contributed by atoms with Crippen LogP contribution < -0.4 is 0 Å². The van der Waals surface area contributed by atoms with E-state index in [9.17, 15) is 14.0 Å². The summed E-state index contributed by atoms with van der Waals surface area (Å²) in [5.41, 5.74) is 3.08. The number of Topliss-reactive ketones (excluding diaryl/α,β-unsaturated/α-hetero) is 1. The van der Waals surface area contributed by atoms with Crippen molar-refractivity contribution in [3.05, 3.63) is 77.4 Å². The molecule has 0 aliphatic carbocycles. The lowest BCUT2D eigenvalue weighted by molar-refractivity contribution is -0.139. The highest BCUT2D eigenvalue weighted by atomic mass is 32.2. The minimum absolute atomic E-state index is 0.00745. The smallest absolute Gasteiger partial charge is 0.316 e. The zero-order valence-corrected chi connectivity index (χ0v) is 16.3. The molecule has 0 amide bonds. The maximum atomic E-state index is 13.4. The number of aromatic nitrogens is 2. The van der Waals surface area contributed by atoms with Gasteiger partial charge in [0.25, 0.3) is 0 Å². The number of imidazole rings is 1. The number of esters is 1. The number of nitrogens with zero attached hydrogens (tertiary/aromatic N) is 2. The first kappa shape index (κ1) is 19.8. The van der Waals surface area contributed by atoms with Crippen LogP contribution in [0.25, 0.3) is 5.69 Å². The molecule has 0 atom stereocenters. The number of benzene rings is 2. The van der Waals surface area contributed by atoms with Crippen molar-refractivity contribution in [3.63, 3.8) is 0 Å². The first-order valence-electron chi connectivity index (χ1n) is 8.62. The molecular weight excluding hydrogens is 379 g/mol. The van der Waals surface area contributed by atoms with E-state index < -0.39 is 5.97 Å². The summed E-state index contributed by atoms with van der Waals surface area (Å²) in [5.74, 6) is -1.12. The van der Waals surface area contributed by atoms with Gasteiger partial charge >= 0.3 is 5.97 Å². The van der Waals surface area contributed by atoms with Gasteiger partial charge in [-0.2, -0.15) is 0 Å². The summed E-state index contributed by atoms with van der Waals surface area (Å²) in [5, 5.41) is 0.531. The Balaban J connectivity index is 1.55. The van der Waals surface area contributed by atoms with Crippen LogP contribution in [0.5, 0.6) is 0 Å². The Morgan fingerprint density at radius 3 is 2.75 bits per heavy atom. The van der Waals surface area contributed by atoms with Crippen molar-refractivity contribution < 1.29 is 18.7 Å². The normalized spacial score (nSPS) is 10.7. The lowest BCUT2D eigenvalue weighted by Crippen LogP contribution is -2.16. The molecule has 0 aliphatic rings. The lowest BCUT2D eigenvalue weighted by Gasteiger charge is -2.09. The number of thioether (sulfide) groups is 1. The number of hydrogen-bond acceptors (Lipinski definition) is 5. The molecule has 0 bridgehead atoms. The standard InChI is InChI=1S/C21H19FN2O3S/c1-14-6-7-18(15(2)10-14)19(25)12-27-20(26)13-28-21-23-8-9-24(21)17-5-3-4-16(22)11-17/h3-11H,12-13H2,1-2H3. The van der Waals surface area contributed by atoms with Gasteiger partial charge in [0.2, 0.25) is 5.78 Å². The van der Waals surface area contributed by atoms with Gasteiger partial charge in [-0.05, 0) is 37.6 Å². The van der Waals surface area contributed by atoms with Crippen molar-refractivity contribution in [2.24, 2.45) is 0 Å². The van der Waals surface area contributed by atoms with E-state index in [0.29, 0.717) is 16.4 Å². The number of halogens is 1. The van der Waals surface area contributed by atoms with E-state index in [1.807, 2.05) is 26.0 Å². The summed E-state index contributed by atoms with van der Waals surface area (Å²) in [6, 6.07) is 11.6. The predicted octanol–water partition coefficient (Wildman–Crippen LogP) is 4.15. The molecule has 0 aliphatic heterocycles. The van der Waals surface area contributed by atoms with Gasteiger partial charge in [-0.15, -0.1) is 0 Å². The minimum Gasteiger partial charge on any atom is -0.457 e. The SMILES string of the molecule is Cc1ccc(C(=O)COC(=O)CSc2nccn2-c2cccc(F)c2)c(C)c1. The molecule has 3 rings (SSSR count). The first-order valence-corrected chi connectivity index (χ1v) is 9.61. The molecule has 1 heterocycles. The molecule has 3 aromatic rings. The second kappa shape index (κ2) is 8.84. The Labute approximate surface area is 166 Å². The van der Waals surface area contributed by atoms with E-state index in [1.165, 1.54) is 12.1 Å². The zero-order valence-electron chi connectivity index (χ0n) is 15.5. The number of aryl methyl sites for hydroxylation is 2. The Morgan fingerprint density at radius 2 is 2.00 bits per heavy atom. The zero-order chi connectivity index (χ0) is 20.1. The third-order valence-corrected chi connectivity index (χ3v) is 5.00. The summed E-state index contributed by atoms with van der Waals surface area (Å²) >= 11 is 1.16. The molecule has 5 nitrogen and oxygen atoms in total. The molecule has 1 aromatic heterocycles. The third kappa shape index (κ3) is 4.86. The van der Waals surface area contributed by atoms with Gasteiger partial charge in [0.15, 0.2) is 11.8 Å². The minimum atomic E-state index is -0.517. The number of hydrogen-bond donors (Lipinski definition) is 0. The van der Waals surface area contributed by atoms with E-state index in [2.05, 4.69) is 4.98 Å². The number of rotatable bonds is 7. The monoisotopic (exact) mass is 398 g/mol. The lowest BCUT2D eigenvalue weighted by atomic mass is 10.0. The van der Waals surface area contributed by atoms with Crippen LogP contribution in [0.3, 0.4) is 0 Å². The molecule has 28 heavy (non-hydrogen) atoms.